The van der Waals surface area contributed by atoms with Gasteiger partial charge in [-0.05, 0) is 191 Å². The normalized spacial score (nSPS) is 16.9. The molecule has 2 aliphatic heterocycles. The number of carbonyl (C=O) groups excluding carboxylic acids is 3. The van der Waals surface area contributed by atoms with Crippen molar-refractivity contribution in [3.8, 4) is 22.3 Å². The predicted octanol–water partition coefficient (Wildman–Crippen LogP) is 13.7. The number of ketones is 2. The Morgan fingerprint density at radius 2 is 1.02 bits per heavy atom. The summed E-state index contributed by atoms with van der Waals surface area (Å²) >= 11 is 3.43. The van der Waals surface area contributed by atoms with Crippen LogP contribution in [0.15, 0.2) is 134 Å². The Hall–Kier alpha value is -7.86. The molecule has 0 bridgehead atoms. The zero-order valence-corrected chi connectivity index (χ0v) is 46.4. The van der Waals surface area contributed by atoms with Gasteiger partial charge in [0.05, 0.1) is 5.56 Å². The predicted molar refractivity (Wildman–Crippen MR) is 315 cm³/mol. The van der Waals surface area contributed by atoms with Gasteiger partial charge in [0.2, 0.25) is 11.8 Å². The first-order valence-electron chi connectivity index (χ1n) is 26.7. The molecule has 11 nitrogen and oxygen atoms in total. The molecular weight excluding hydrogens is 1070 g/mol. The van der Waals surface area contributed by atoms with Gasteiger partial charge in [0.1, 0.15) is 11.6 Å². The van der Waals surface area contributed by atoms with Crippen LogP contribution in [-0.2, 0) is 22.4 Å². The van der Waals surface area contributed by atoms with Crippen molar-refractivity contribution in [3.63, 3.8) is 0 Å². The minimum Gasteiger partial charge on any atom is -0.478 e. The maximum absolute atomic E-state index is 13.3. The summed E-state index contributed by atoms with van der Waals surface area (Å²) in [7, 11) is 0. The average molecular weight is 1130 g/mol. The fourth-order valence-electron chi connectivity index (χ4n) is 11.2. The second-order valence-electron chi connectivity index (χ2n) is 22.1. The zero-order valence-electron chi connectivity index (χ0n) is 44.7. The molecule has 17 heteroatoms. The van der Waals surface area contributed by atoms with Crippen molar-refractivity contribution < 1.29 is 41.8 Å². The van der Waals surface area contributed by atoms with Crippen molar-refractivity contribution in [1.29, 1.82) is 0 Å². The van der Waals surface area contributed by atoms with Gasteiger partial charge in [-0.1, -0.05) is 24.3 Å². The van der Waals surface area contributed by atoms with Crippen molar-refractivity contribution in [3.05, 3.63) is 177 Å². The summed E-state index contributed by atoms with van der Waals surface area (Å²) in [5, 5.41) is 14.4. The number of aryl methyl sites for hydroxylation is 4. The number of carboxylic acids is 1. The number of aromatic nitrogens is 2. The number of carbonyl (C=O) groups is 4. The third-order valence-corrected chi connectivity index (χ3v) is 18.0. The maximum atomic E-state index is 13.3. The Morgan fingerprint density at radius 3 is 1.40 bits per heavy atom. The number of allylic oxidation sites excluding steroid dienone is 2. The Kier molecular flexibility index (Phi) is 16.0. The number of carboxylic acid groups (broad SMARTS) is 1. The van der Waals surface area contributed by atoms with E-state index in [9.17, 15) is 36.7 Å². The Morgan fingerprint density at radius 1 is 0.593 bits per heavy atom. The first-order chi connectivity index (χ1) is 38.6. The minimum absolute atomic E-state index is 0.0174. The van der Waals surface area contributed by atoms with Crippen LogP contribution in [0.2, 0.25) is 0 Å². The van der Waals surface area contributed by atoms with E-state index in [0.29, 0.717) is 56.0 Å². The van der Waals surface area contributed by atoms with Gasteiger partial charge in [0.15, 0.2) is 11.6 Å². The van der Waals surface area contributed by atoms with Gasteiger partial charge in [-0.15, -0.1) is 22.7 Å². The third kappa shape index (κ3) is 13.5. The summed E-state index contributed by atoms with van der Waals surface area (Å²) in [5.41, 5.74) is 19.8. The monoisotopic (exact) mass is 1130 g/mol. The molecule has 0 unspecified atom stereocenters. The fourth-order valence-corrected chi connectivity index (χ4v) is 13.4. The SMILES string of the molecule is Cc1cc(-c2ccc(C(=O)N3CC4(C3)CC(F)(F)C4)cc2)cc2cc(CCC(=O)/C=C/c3ccc(N)nc3)sc12.Cc1cc(-c2ccc(C(=O)O)cc2)cc2cc(CCC(=O)/C=C/c3ccc(N)nc3)sc12.FC1(F)CC2(CNC2)C1. The topological polar surface area (TPSA) is 182 Å². The molecule has 2 spiro atoms. The second-order valence-corrected chi connectivity index (χ2v) is 24.4. The van der Waals surface area contributed by atoms with Crippen molar-refractivity contribution in [2.24, 2.45) is 10.8 Å². The van der Waals surface area contributed by atoms with E-state index in [0.717, 1.165) is 78.1 Å². The van der Waals surface area contributed by atoms with Gasteiger partial charge < -0.3 is 26.8 Å². The molecule has 81 heavy (non-hydrogen) atoms. The van der Waals surface area contributed by atoms with Crippen molar-refractivity contribution in [2.75, 3.05) is 37.6 Å². The van der Waals surface area contributed by atoms with Gasteiger partial charge in [-0.2, -0.15) is 0 Å². The van der Waals surface area contributed by atoms with Crippen LogP contribution in [0.5, 0.6) is 0 Å². The van der Waals surface area contributed by atoms with E-state index < -0.39 is 17.8 Å². The second kappa shape index (κ2) is 22.9. The van der Waals surface area contributed by atoms with Crippen LogP contribution in [0, 0.1) is 24.7 Å². The van der Waals surface area contributed by atoms with E-state index in [1.807, 2.05) is 48.5 Å². The molecular formula is C64H60F4N6O5S2. The number of nitrogens with two attached hydrogens (primary N) is 2. The number of likely N-dealkylation sites (tertiary alicyclic amines) is 1. The largest absolute Gasteiger partial charge is 0.478 e. The highest BCUT2D eigenvalue weighted by Gasteiger charge is 2.62. The number of anilines is 2. The fraction of sp³-hybridized carbons (Fsp3) is 0.281. The molecule has 4 aromatic heterocycles. The zero-order chi connectivity index (χ0) is 57.3. The molecule has 2 aliphatic carbocycles. The molecule has 0 atom stereocenters. The van der Waals surface area contributed by atoms with Crippen LogP contribution in [0.25, 0.3) is 54.6 Å². The van der Waals surface area contributed by atoms with E-state index in [1.54, 1.807) is 88.5 Å². The van der Waals surface area contributed by atoms with Crippen LogP contribution in [-0.4, -0.2) is 81.4 Å². The van der Waals surface area contributed by atoms with Crippen molar-refractivity contribution >= 4 is 90.1 Å². The molecule has 6 N–H and O–H groups in total. The molecule has 4 fully saturated rings. The lowest BCUT2D eigenvalue weighted by atomic mass is 9.61. The minimum atomic E-state index is -2.56. The molecule has 416 valence electrons. The van der Waals surface area contributed by atoms with Gasteiger partial charge in [-0.3, -0.25) is 14.4 Å². The molecule has 4 aliphatic rings. The maximum Gasteiger partial charge on any atom is 0.335 e. The molecule has 2 saturated heterocycles. The van der Waals surface area contributed by atoms with Gasteiger partial charge in [-0.25, -0.2) is 32.3 Å². The number of nitrogens with one attached hydrogen (secondary N) is 1. The number of nitrogen functional groups attached to an aromatic ring is 2. The summed E-state index contributed by atoms with van der Waals surface area (Å²) in [6, 6.07) is 34.3. The number of halogens is 4. The molecule has 1 amide bonds. The van der Waals surface area contributed by atoms with Crippen LogP contribution in [0.3, 0.4) is 0 Å². The summed E-state index contributed by atoms with van der Waals surface area (Å²) in [4.78, 5) is 60.6. The van der Waals surface area contributed by atoms with Crippen LogP contribution >= 0.6 is 22.7 Å². The molecule has 6 heterocycles. The van der Waals surface area contributed by atoms with Gasteiger partial charge >= 0.3 is 5.97 Å². The first kappa shape index (κ1) is 56.4. The third-order valence-electron chi connectivity index (χ3n) is 15.3. The quantitative estimate of drug-likeness (QED) is 0.0604. The number of hydrogen-bond donors (Lipinski definition) is 4. The summed E-state index contributed by atoms with van der Waals surface area (Å²) in [6.07, 6.45) is 12.2. The average Bonchev–Trinajstić information content (AvgIpc) is 3.77. The van der Waals surface area contributed by atoms with E-state index in [2.05, 4.69) is 65.5 Å². The van der Waals surface area contributed by atoms with Crippen molar-refractivity contribution in [1.82, 2.24) is 20.2 Å². The summed E-state index contributed by atoms with van der Waals surface area (Å²) in [6.45, 7) is 6.61. The molecule has 4 aromatic carbocycles. The number of nitrogens with zero attached hydrogens (tertiary/aromatic N) is 3. The molecule has 2 saturated carbocycles. The highest BCUT2D eigenvalue weighted by molar-refractivity contribution is 7.19. The van der Waals surface area contributed by atoms with Crippen molar-refractivity contribution in [2.45, 2.75) is 77.1 Å². The molecule has 8 aromatic rings. The Labute approximate surface area is 474 Å². The van der Waals surface area contributed by atoms with E-state index >= 15 is 0 Å². The Balaban J connectivity index is 0.000000160. The van der Waals surface area contributed by atoms with Crippen LogP contribution in [0.1, 0.15) is 91.2 Å². The summed E-state index contributed by atoms with van der Waals surface area (Å²) < 4.78 is 53.4. The highest BCUT2D eigenvalue weighted by Crippen LogP contribution is 2.57. The van der Waals surface area contributed by atoms with Crippen LogP contribution in [0.4, 0.5) is 29.2 Å². The number of aromatic carboxylic acids is 1. The highest BCUT2D eigenvalue weighted by atomic mass is 32.1. The lowest BCUT2D eigenvalue weighted by molar-refractivity contribution is -0.203. The lowest BCUT2D eigenvalue weighted by Gasteiger charge is -2.58. The number of amides is 1. The Bertz CT molecular complexity index is 3710. The number of thiophene rings is 2. The summed E-state index contributed by atoms with van der Waals surface area (Å²) in [5.74, 6) is -4.91. The van der Waals surface area contributed by atoms with E-state index in [1.165, 1.54) is 9.40 Å². The van der Waals surface area contributed by atoms with Gasteiger partial charge in [0.25, 0.3) is 5.91 Å². The van der Waals surface area contributed by atoms with E-state index in [-0.39, 0.29) is 59.6 Å². The molecule has 0 radical (unpaired) electrons. The number of benzene rings is 4. The number of fused-ring (bicyclic) bond motifs is 2. The van der Waals surface area contributed by atoms with Gasteiger partial charge in [0, 0.05) is 113 Å². The lowest BCUT2D eigenvalue weighted by Crippen LogP contribution is -2.66. The first-order valence-corrected chi connectivity index (χ1v) is 28.3. The molecule has 12 rings (SSSR count). The standard InChI is InChI=1S/C32H29F2N3O2S.C26H22N2O3S.C6H9F2N/c1-20-12-24(22-4-6-23(7-5-22)30(39)37-18-31(19-37)16-32(33,34)17-31)13-25-14-27(40-29(20)25)10-9-26(38)8-2-21-3-11-28(35)36-15-21;1-16-12-20(18-4-6-19(7-5-18)26(30)31)13-21-14-23(32-25(16)21)10-9-22(29)8-2-17-3-11-24(27)28-15-17;7-6(8)1-5(2-6)3-9-4-5/h2-8,11-15H,9-10,16-19H2,1H3,(H2,35,36);2-8,11-15H,9-10H2,1H3,(H2,27,28)(H,30,31);9H,1-4H2/b2*8-2+;. The number of rotatable bonds is 14. The number of alkyl halides is 4. The smallest absolute Gasteiger partial charge is 0.335 e. The number of hydrogen-bond acceptors (Lipinski definition) is 11. The number of pyridine rings is 2. The van der Waals surface area contributed by atoms with Crippen LogP contribution < -0.4 is 16.8 Å². The van der Waals surface area contributed by atoms with E-state index in [4.69, 9.17) is 16.6 Å².